The Morgan fingerprint density at radius 1 is 1.30 bits per heavy atom. The Bertz CT molecular complexity index is 838. The second-order valence-corrected chi connectivity index (χ2v) is 8.62. The zero-order chi connectivity index (χ0) is 16.4. The number of rotatable bonds is 1. The maximum atomic E-state index is 12.7. The maximum Gasteiger partial charge on any atom is 0.278 e. The van der Waals surface area contributed by atoms with Crippen LogP contribution in [0.1, 0.15) is 17.7 Å². The van der Waals surface area contributed by atoms with E-state index in [0.29, 0.717) is 0 Å². The zero-order valence-corrected chi connectivity index (χ0v) is 14.1. The number of benzene rings is 1. The average molecular weight is 349 g/mol. The first kappa shape index (κ1) is 14.9. The molecule has 2 amide bonds. The fourth-order valence-electron chi connectivity index (χ4n) is 3.01. The second-order valence-electron chi connectivity index (χ2n) is 5.92. The van der Waals surface area contributed by atoms with E-state index in [1.807, 2.05) is 24.3 Å². The van der Waals surface area contributed by atoms with Gasteiger partial charge in [-0.25, -0.2) is 0 Å². The summed E-state index contributed by atoms with van der Waals surface area (Å²) in [6.07, 6.45) is 1.79. The third kappa shape index (κ3) is 1.82. The lowest BCUT2D eigenvalue weighted by Gasteiger charge is -2.44. The van der Waals surface area contributed by atoms with Crippen molar-refractivity contribution in [2.75, 3.05) is 7.05 Å². The summed E-state index contributed by atoms with van der Waals surface area (Å²) in [4.78, 5) is 28.6. The van der Waals surface area contributed by atoms with Gasteiger partial charge < -0.3 is 20.3 Å². The number of likely N-dealkylation sites (N-methyl/N-ethyl adjacent to an activating group) is 1. The monoisotopic (exact) mass is 349 g/mol. The topological polar surface area (TPSA) is 85.4 Å². The van der Waals surface area contributed by atoms with Gasteiger partial charge in [-0.1, -0.05) is 39.8 Å². The van der Waals surface area contributed by atoms with Crippen molar-refractivity contribution in [3.05, 3.63) is 36.0 Å². The number of aliphatic hydroxyl groups is 1. The molecule has 3 atom stereocenters. The van der Waals surface area contributed by atoms with Crippen LogP contribution < -0.4 is 5.32 Å². The van der Waals surface area contributed by atoms with Crippen molar-refractivity contribution < 1.29 is 14.7 Å². The van der Waals surface area contributed by atoms with Crippen LogP contribution in [0.5, 0.6) is 0 Å². The highest BCUT2D eigenvalue weighted by Crippen LogP contribution is 2.57. The molecule has 5 rings (SSSR count). The van der Waals surface area contributed by atoms with E-state index in [4.69, 9.17) is 0 Å². The molecule has 3 aliphatic heterocycles. The highest BCUT2D eigenvalue weighted by molar-refractivity contribution is 8.77. The molecule has 3 aliphatic rings. The van der Waals surface area contributed by atoms with Gasteiger partial charge in [0.2, 0.25) is 5.72 Å². The summed E-state index contributed by atoms with van der Waals surface area (Å²) in [7, 11) is 4.20. The number of H-pyrrole nitrogens is 1. The van der Waals surface area contributed by atoms with Gasteiger partial charge in [0.05, 0.1) is 5.25 Å². The number of carbonyl (C=O) groups is 2. The highest BCUT2D eigenvalue weighted by Gasteiger charge is 2.63. The Labute approximate surface area is 140 Å². The van der Waals surface area contributed by atoms with Crippen LogP contribution in [0.15, 0.2) is 30.5 Å². The first-order chi connectivity index (χ1) is 10.9. The second kappa shape index (κ2) is 4.68. The average Bonchev–Trinajstić information content (AvgIpc) is 2.89. The van der Waals surface area contributed by atoms with E-state index in [0.717, 1.165) is 16.5 Å². The molecule has 0 saturated carbocycles. The molecule has 1 aromatic heterocycles. The molecule has 120 valence electrons. The molecule has 8 heteroatoms. The van der Waals surface area contributed by atoms with E-state index in [9.17, 15) is 14.7 Å². The Hall–Kier alpha value is -1.64. The smallest absolute Gasteiger partial charge is 0.278 e. The molecular formula is C15H15N3O3S2. The van der Waals surface area contributed by atoms with Crippen LogP contribution in [0.4, 0.5) is 0 Å². The Morgan fingerprint density at radius 2 is 2.04 bits per heavy atom. The summed E-state index contributed by atoms with van der Waals surface area (Å²) >= 11 is 0. The Morgan fingerprint density at radius 3 is 2.83 bits per heavy atom. The SMILES string of the molecule is CN1C(=O)C2(O)NC(=O)C1(C)SSC2c1c[nH]c2ccccc12. The zero-order valence-electron chi connectivity index (χ0n) is 12.5. The summed E-state index contributed by atoms with van der Waals surface area (Å²) in [5, 5.41) is 13.9. The molecule has 2 aromatic rings. The number of piperazine rings is 1. The van der Waals surface area contributed by atoms with Gasteiger partial charge >= 0.3 is 0 Å². The molecule has 23 heavy (non-hydrogen) atoms. The molecule has 0 spiro atoms. The number of nitrogens with one attached hydrogen (secondary N) is 2. The lowest BCUT2D eigenvalue weighted by atomic mass is 9.96. The summed E-state index contributed by atoms with van der Waals surface area (Å²) in [5.41, 5.74) is -0.229. The molecule has 3 saturated heterocycles. The molecule has 0 radical (unpaired) electrons. The van der Waals surface area contributed by atoms with E-state index < -0.39 is 21.8 Å². The third-order valence-corrected chi connectivity index (χ3v) is 8.09. The van der Waals surface area contributed by atoms with E-state index in [-0.39, 0.29) is 5.91 Å². The van der Waals surface area contributed by atoms with Crippen molar-refractivity contribution in [2.45, 2.75) is 22.8 Å². The summed E-state index contributed by atoms with van der Waals surface area (Å²) in [6.45, 7) is 1.69. The molecule has 4 heterocycles. The third-order valence-electron chi connectivity index (χ3n) is 4.59. The molecule has 3 N–H and O–H groups in total. The number of hydrogen-bond donors (Lipinski definition) is 3. The standard InChI is InChI=1S/C15H15N3O3S2/c1-14-12(19)17-15(21,13(20)18(14)2)11(22-23-14)9-7-16-10-6-4-3-5-8(9)10/h3-7,11,16,21H,1-2H3,(H,17,19). The van der Waals surface area contributed by atoms with Gasteiger partial charge in [0, 0.05) is 24.1 Å². The van der Waals surface area contributed by atoms with Crippen molar-refractivity contribution in [3.8, 4) is 0 Å². The highest BCUT2D eigenvalue weighted by atomic mass is 33.1. The quantitative estimate of drug-likeness (QED) is 0.681. The number of carbonyl (C=O) groups excluding carboxylic acids is 2. The van der Waals surface area contributed by atoms with Crippen molar-refractivity contribution in [1.29, 1.82) is 0 Å². The van der Waals surface area contributed by atoms with Crippen LogP contribution in [-0.4, -0.2) is 44.4 Å². The van der Waals surface area contributed by atoms with Crippen molar-refractivity contribution in [2.24, 2.45) is 0 Å². The van der Waals surface area contributed by atoms with Crippen LogP contribution in [0.3, 0.4) is 0 Å². The van der Waals surface area contributed by atoms with Crippen LogP contribution in [0.2, 0.25) is 0 Å². The molecule has 1 aromatic carbocycles. The first-order valence-electron chi connectivity index (χ1n) is 7.11. The van der Waals surface area contributed by atoms with Gasteiger partial charge in [-0.05, 0) is 18.6 Å². The van der Waals surface area contributed by atoms with Crippen molar-refractivity contribution in [1.82, 2.24) is 15.2 Å². The number of fused-ring (bicyclic) bond motifs is 5. The van der Waals surface area contributed by atoms with Gasteiger partial charge in [0.25, 0.3) is 11.8 Å². The normalized spacial score (nSPS) is 33.9. The number of aromatic amines is 1. The minimum atomic E-state index is -1.95. The van der Waals surface area contributed by atoms with Gasteiger partial charge in [-0.2, -0.15) is 0 Å². The number of aromatic nitrogens is 1. The molecule has 2 bridgehead atoms. The molecular weight excluding hydrogens is 334 g/mol. The fourth-order valence-corrected chi connectivity index (χ4v) is 6.36. The predicted molar refractivity (Wildman–Crippen MR) is 90.5 cm³/mol. The molecule has 0 aliphatic carbocycles. The van der Waals surface area contributed by atoms with Gasteiger partial charge in [0.15, 0.2) is 4.87 Å². The minimum Gasteiger partial charge on any atom is -0.362 e. The summed E-state index contributed by atoms with van der Waals surface area (Å²) in [5.74, 6) is -0.852. The maximum absolute atomic E-state index is 12.7. The van der Waals surface area contributed by atoms with Crippen LogP contribution in [-0.2, 0) is 9.59 Å². The van der Waals surface area contributed by atoms with Crippen molar-refractivity contribution >= 4 is 44.3 Å². The lowest BCUT2D eigenvalue weighted by Crippen LogP contribution is -2.72. The van der Waals surface area contributed by atoms with E-state index in [1.54, 1.807) is 20.2 Å². The number of nitrogens with zero attached hydrogens (tertiary/aromatic N) is 1. The van der Waals surface area contributed by atoms with E-state index in [2.05, 4.69) is 10.3 Å². The minimum absolute atomic E-state index is 0.359. The largest absolute Gasteiger partial charge is 0.362 e. The van der Waals surface area contributed by atoms with Gasteiger partial charge in [-0.15, -0.1) is 0 Å². The molecule has 3 unspecified atom stereocenters. The van der Waals surface area contributed by atoms with Crippen LogP contribution >= 0.6 is 21.6 Å². The lowest BCUT2D eigenvalue weighted by molar-refractivity contribution is -0.171. The predicted octanol–water partition coefficient (Wildman–Crippen LogP) is 1.60. The fraction of sp³-hybridized carbons (Fsp3) is 0.333. The first-order valence-corrected chi connectivity index (χ1v) is 9.33. The Balaban J connectivity index is 1.90. The number of para-hydroxylation sites is 1. The Kier molecular flexibility index (Phi) is 3.04. The molecule has 6 nitrogen and oxygen atoms in total. The summed E-state index contributed by atoms with van der Waals surface area (Å²) in [6, 6.07) is 7.69. The molecule has 3 fully saturated rings. The van der Waals surface area contributed by atoms with Crippen molar-refractivity contribution in [3.63, 3.8) is 0 Å². The van der Waals surface area contributed by atoms with Crippen LogP contribution in [0.25, 0.3) is 10.9 Å². The number of hydrogen-bond acceptors (Lipinski definition) is 5. The van der Waals surface area contributed by atoms with E-state index in [1.165, 1.54) is 26.5 Å². The van der Waals surface area contributed by atoms with Gasteiger partial charge in [-0.3, -0.25) is 9.59 Å². The van der Waals surface area contributed by atoms with E-state index >= 15 is 0 Å². The van der Waals surface area contributed by atoms with Gasteiger partial charge in [0.1, 0.15) is 0 Å². The summed E-state index contributed by atoms with van der Waals surface area (Å²) < 4.78 is 0. The van der Waals surface area contributed by atoms with Crippen LogP contribution in [0, 0.1) is 0 Å². The number of amides is 2.